The summed E-state index contributed by atoms with van der Waals surface area (Å²) < 4.78 is 6.16. The van der Waals surface area contributed by atoms with Crippen LogP contribution in [0.5, 0.6) is 11.5 Å². The monoisotopic (exact) mass is 434 g/mol. The van der Waals surface area contributed by atoms with E-state index in [9.17, 15) is 5.11 Å². The third kappa shape index (κ3) is 2.77. The summed E-state index contributed by atoms with van der Waals surface area (Å²) in [7, 11) is 0. The Kier molecular flexibility index (Phi) is 4.32. The summed E-state index contributed by atoms with van der Waals surface area (Å²) in [5, 5.41) is 15.3. The molecule has 1 heterocycles. The van der Waals surface area contributed by atoms with Gasteiger partial charge in [-0.3, -0.25) is 0 Å². The Labute approximate surface area is 191 Å². The van der Waals surface area contributed by atoms with Gasteiger partial charge in [0.1, 0.15) is 17.1 Å². The van der Waals surface area contributed by atoms with Crippen molar-refractivity contribution in [2.24, 2.45) is 0 Å². The van der Waals surface area contributed by atoms with Crippen LogP contribution in [0.3, 0.4) is 0 Å². The van der Waals surface area contributed by atoms with Crippen LogP contribution in [-0.4, -0.2) is 5.11 Å². The molecular formula is C29H19ClO2. The summed E-state index contributed by atoms with van der Waals surface area (Å²) in [6.45, 7) is 0. The van der Waals surface area contributed by atoms with Crippen molar-refractivity contribution in [3.8, 4) is 22.6 Å². The molecule has 1 aliphatic heterocycles. The van der Waals surface area contributed by atoms with Gasteiger partial charge in [-0.15, -0.1) is 0 Å². The molecule has 0 aliphatic carbocycles. The number of fused-ring (bicyclic) bond motifs is 3. The maximum absolute atomic E-state index is 12.6. The maximum Gasteiger partial charge on any atom is 0.148 e. The Morgan fingerprint density at radius 3 is 1.81 bits per heavy atom. The van der Waals surface area contributed by atoms with Gasteiger partial charge in [-0.2, -0.15) is 0 Å². The molecule has 0 aromatic heterocycles. The normalized spacial score (nSPS) is 13.8. The first-order valence-electron chi connectivity index (χ1n) is 10.5. The van der Waals surface area contributed by atoms with E-state index in [0.29, 0.717) is 16.5 Å². The van der Waals surface area contributed by atoms with E-state index in [1.54, 1.807) is 0 Å². The van der Waals surface area contributed by atoms with E-state index < -0.39 is 5.60 Å². The first-order chi connectivity index (χ1) is 15.7. The quantitative estimate of drug-likeness (QED) is 0.311. The summed E-state index contributed by atoms with van der Waals surface area (Å²) in [6, 6.07) is 35.6. The molecule has 154 valence electrons. The SMILES string of the molecule is OC1(c2cccc3cccc(-c4ccc(Cl)cc4)c23)c2ccccc2Oc2ccccc21. The fourth-order valence-corrected chi connectivity index (χ4v) is 4.90. The van der Waals surface area contributed by atoms with Crippen LogP contribution in [0.25, 0.3) is 21.9 Å². The minimum atomic E-state index is -1.37. The number of benzene rings is 5. The molecule has 0 saturated carbocycles. The van der Waals surface area contributed by atoms with Gasteiger partial charge >= 0.3 is 0 Å². The number of halogens is 1. The minimum Gasteiger partial charge on any atom is -0.457 e. The van der Waals surface area contributed by atoms with Gasteiger partial charge in [0, 0.05) is 21.7 Å². The highest BCUT2D eigenvalue weighted by Gasteiger charge is 2.43. The van der Waals surface area contributed by atoms with Gasteiger partial charge in [0.25, 0.3) is 0 Å². The third-order valence-corrected chi connectivity index (χ3v) is 6.48. The molecule has 0 atom stereocenters. The van der Waals surface area contributed by atoms with E-state index in [2.05, 4.69) is 18.2 Å². The predicted octanol–water partition coefficient (Wildman–Crippen LogP) is 7.55. The highest BCUT2D eigenvalue weighted by atomic mass is 35.5. The predicted molar refractivity (Wildman–Crippen MR) is 129 cm³/mol. The van der Waals surface area contributed by atoms with Crippen LogP contribution in [0, 0.1) is 0 Å². The van der Waals surface area contributed by atoms with Crippen LogP contribution in [-0.2, 0) is 5.60 Å². The van der Waals surface area contributed by atoms with Crippen molar-refractivity contribution in [3.05, 3.63) is 131 Å². The standard InChI is InChI=1S/C29H19ClO2/c30-21-17-15-19(16-18-21)22-9-5-7-20-8-6-12-25(28(20)22)29(31)23-10-1-3-13-26(23)32-27-14-4-2-11-24(27)29/h1-18,31H. The van der Waals surface area contributed by atoms with Crippen molar-refractivity contribution in [2.75, 3.05) is 0 Å². The third-order valence-electron chi connectivity index (χ3n) is 6.22. The Morgan fingerprint density at radius 1 is 0.594 bits per heavy atom. The van der Waals surface area contributed by atoms with Crippen molar-refractivity contribution in [1.29, 1.82) is 0 Å². The topological polar surface area (TPSA) is 29.5 Å². The lowest BCUT2D eigenvalue weighted by atomic mass is 9.75. The molecule has 5 aromatic carbocycles. The van der Waals surface area contributed by atoms with Gasteiger partial charge in [0.05, 0.1) is 0 Å². The van der Waals surface area contributed by atoms with Crippen molar-refractivity contribution < 1.29 is 9.84 Å². The van der Waals surface area contributed by atoms with E-state index in [1.165, 1.54) is 0 Å². The zero-order chi connectivity index (χ0) is 21.7. The molecule has 1 aliphatic rings. The summed E-state index contributed by atoms with van der Waals surface area (Å²) in [5.41, 5.74) is 3.01. The molecule has 1 N–H and O–H groups in total. The Balaban J connectivity index is 1.73. The van der Waals surface area contributed by atoms with Crippen molar-refractivity contribution in [1.82, 2.24) is 0 Å². The lowest BCUT2D eigenvalue weighted by Crippen LogP contribution is -2.32. The number of hydrogen-bond donors (Lipinski definition) is 1. The summed E-state index contributed by atoms with van der Waals surface area (Å²) in [4.78, 5) is 0. The molecule has 5 aromatic rings. The van der Waals surface area contributed by atoms with Gasteiger partial charge in [0.2, 0.25) is 0 Å². The second-order valence-corrected chi connectivity index (χ2v) is 8.46. The molecule has 0 radical (unpaired) electrons. The highest BCUT2D eigenvalue weighted by Crippen LogP contribution is 2.52. The molecule has 0 saturated heterocycles. The van der Waals surface area contributed by atoms with Crippen molar-refractivity contribution >= 4 is 22.4 Å². The van der Waals surface area contributed by atoms with E-state index in [-0.39, 0.29) is 0 Å². The largest absolute Gasteiger partial charge is 0.457 e. The molecule has 2 nitrogen and oxygen atoms in total. The van der Waals surface area contributed by atoms with Crippen LogP contribution in [0.4, 0.5) is 0 Å². The fraction of sp³-hybridized carbons (Fsp3) is 0.0345. The van der Waals surface area contributed by atoms with Crippen LogP contribution in [0.1, 0.15) is 16.7 Å². The number of para-hydroxylation sites is 2. The maximum atomic E-state index is 12.6. The number of hydrogen-bond acceptors (Lipinski definition) is 2. The Hall–Kier alpha value is -3.59. The van der Waals surface area contributed by atoms with Gasteiger partial charge in [-0.1, -0.05) is 96.5 Å². The lowest BCUT2D eigenvalue weighted by Gasteiger charge is -2.37. The first-order valence-corrected chi connectivity index (χ1v) is 10.9. The first kappa shape index (κ1) is 19.1. The molecule has 6 rings (SSSR count). The number of aliphatic hydroxyl groups is 1. The smallest absolute Gasteiger partial charge is 0.148 e. The van der Waals surface area contributed by atoms with E-state index in [1.807, 2.05) is 91.0 Å². The summed E-state index contributed by atoms with van der Waals surface area (Å²) in [5.74, 6) is 1.32. The molecule has 32 heavy (non-hydrogen) atoms. The van der Waals surface area contributed by atoms with Gasteiger partial charge < -0.3 is 9.84 Å². The van der Waals surface area contributed by atoms with Crippen LogP contribution in [0.15, 0.2) is 109 Å². The van der Waals surface area contributed by atoms with Crippen LogP contribution < -0.4 is 4.74 Å². The van der Waals surface area contributed by atoms with Gasteiger partial charge in [-0.25, -0.2) is 0 Å². The van der Waals surface area contributed by atoms with Crippen molar-refractivity contribution in [3.63, 3.8) is 0 Å². The van der Waals surface area contributed by atoms with E-state index >= 15 is 0 Å². The van der Waals surface area contributed by atoms with Gasteiger partial charge in [0.15, 0.2) is 0 Å². The van der Waals surface area contributed by atoms with E-state index in [0.717, 1.165) is 38.6 Å². The van der Waals surface area contributed by atoms with Crippen LogP contribution >= 0.6 is 11.6 Å². The lowest BCUT2D eigenvalue weighted by molar-refractivity contribution is 0.114. The van der Waals surface area contributed by atoms with Crippen LogP contribution in [0.2, 0.25) is 5.02 Å². The molecule has 0 unspecified atom stereocenters. The highest BCUT2D eigenvalue weighted by molar-refractivity contribution is 6.30. The van der Waals surface area contributed by atoms with Crippen molar-refractivity contribution in [2.45, 2.75) is 5.60 Å². The molecule has 0 fully saturated rings. The number of ether oxygens (including phenoxy) is 1. The molecule has 0 spiro atoms. The molecular weight excluding hydrogens is 416 g/mol. The Bertz CT molecular complexity index is 1420. The summed E-state index contributed by atoms with van der Waals surface area (Å²) >= 11 is 6.15. The average Bonchev–Trinajstić information content (AvgIpc) is 2.84. The summed E-state index contributed by atoms with van der Waals surface area (Å²) in [6.07, 6.45) is 0. The average molecular weight is 435 g/mol. The van der Waals surface area contributed by atoms with E-state index in [4.69, 9.17) is 16.3 Å². The fourth-order valence-electron chi connectivity index (χ4n) is 4.78. The zero-order valence-electron chi connectivity index (χ0n) is 17.1. The second-order valence-electron chi connectivity index (χ2n) is 8.02. The zero-order valence-corrected chi connectivity index (χ0v) is 17.9. The Morgan fingerprint density at radius 2 is 1.16 bits per heavy atom. The molecule has 0 amide bonds. The second kappa shape index (κ2) is 7.23. The van der Waals surface area contributed by atoms with Gasteiger partial charge in [-0.05, 0) is 46.2 Å². The minimum absolute atomic E-state index is 0.662. The molecule has 3 heteroatoms. The number of rotatable bonds is 2. The molecule has 0 bridgehead atoms.